The highest BCUT2D eigenvalue weighted by Gasteiger charge is 2.32. The largest absolute Gasteiger partial charge is 0.325 e. The maximum atomic E-state index is 13.4. The van der Waals surface area contributed by atoms with Crippen LogP contribution in [0.25, 0.3) is 0 Å². The van der Waals surface area contributed by atoms with E-state index in [1.807, 2.05) is 37.3 Å². The van der Waals surface area contributed by atoms with E-state index in [9.17, 15) is 17.6 Å². The Morgan fingerprint density at radius 3 is 2.39 bits per heavy atom. The highest BCUT2D eigenvalue weighted by molar-refractivity contribution is 7.89. The van der Waals surface area contributed by atoms with E-state index < -0.39 is 15.8 Å². The molecule has 1 fully saturated rings. The van der Waals surface area contributed by atoms with E-state index in [2.05, 4.69) is 0 Å². The van der Waals surface area contributed by atoms with Crippen molar-refractivity contribution < 1.29 is 22.5 Å². The Morgan fingerprint density at radius 2 is 1.79 bits per heavy atom. The third kappa shape index (κ3) is 4.57. The lowest BCUT2D eigenvalue weighted by molar-refractivity contribution is -0.895. The molecule has 1 N–H and O–H groups in total. The minimum atomic E-state index is -3.72. The van der Waals surface area contributed by atoms with Crippen molar-refractivity contribution in [3.63, 3.8) is 0 Å². The maximum Gasteiger partial charge on any atom is 0.282 e. The molecule has 1 saturated heterocycles. The third-order valence-electron chi connectivity index (χ3n) is 4.95. The van der Waals surface area contributed by atoms with Crippen LogP contribution in [0.5, 0.6) is 0 Å². The van der Waals surface area contributed by atoms with Crippen LogP contribution in [0.4, 0.5) is 10.1 Å². The van der Waals surface area contributed by atoms with Gasteiger partial charge in [-0.05, 0) is 37.3 Å². The van der Waals surface area contributed by atoms with Crippen LogP contribution in [0.2, 0.25) is 0 Å². The van der Waals surface area contributed by atoms with Gasteiger partial charge < -0.3 is 9.80 Å². The van der Waals surface area contributed by atoms with E-state index in [-0.39, 0.29) is 10.8 Å². The van der Waals surface area contributed by atoms with Gasteiger partial charge in [0, 0.05) is 12.2 Å². The van der Waals surface area contributed by atoms with E-state index in [1.54, 1.807) is 4.90 Å². The molecule has 6 nitrogen and oxygen atoms in total. The van der Waals surface area contributed by atoms with Gasteiger partial charge >= 0.3 is 0 Å². The van der Waals surface area contributed by atoms with Gasteiger partial charge in [0.15, 0.2) is 6.54 Å². The Bertz CT molecular complexity index is 913. The average Bonchev–Trinajstić information content (AvgIpc) is 2.70. The number of nitrogens with one attached hydrogen (secondary N) is 1. The zero-order valence-electron chi connectivity index (χ0n) is 15.8. The van der Waals surface area contributed by atoms with Gasteiger partial charge in [-0.2, -0.15) is 4.31 Å². The van der Waals surface area contributed by atoms with Crippen molar-refractivity contribution in [2.45, 2.75) is 11.8 Å². The monoisotopic (exact) mass is 406 g/mol. The van der Waals surface area contributed by atoms with Crippen molar-refractivity contribution in [3.8, 4) is 0 Å². The number of benzene rings is 2. The normalized spacial score (nSPS) is 16.1. The molecular formula is C20H25FN3O3S+. The van der Waals surface area contributed by atoms with Crippen molar-refractivity contribution >= 4 is 21.6 Å². The molecule has 1 heterocycles. The van der Waals surface area contributed by atoms with Crippen LogP contribution in [0.3, 0.4) is 0 Å². The lowest BCUT2D eigenvalue weighted by Crippen LogP contribution is -3.15. The molecule has 3 rings (SSSR count). The fourth-order valence-corrected chi connectivity index (χ4v) is 4.89. The summed E-state index contributed by atoms with van der Waals surface area (Å²) < 4.78 is 40.1. The van der Waals surface area contributed by atoms with Crippen LogP contribution in [-0.2, 0) is 14.8 Å². The SMILES string of the molecule is CCN(C(=O)C[NH+]1CCN(S(=O)(=O)c2cccc(F)c2)CC1)c1ccccc1. The molecule has 2 aromatic carbocycles. The first-order valence-corrected chi connectivity index (χ1v) is 10.8. The van der Waals surface area contributed by atoms with Gasteiger partial charge in [0.2, 0.25) is 10.0 Å². The molecule has 28 heavy (non-hydrogen) atoms. The van der Waals surface area contributed by atoms with Crippen molar-refractivity contribution in [1.29, 1.82) is 0 Å². The number of hydrogen-bond acceptors (Lipinski definition) is 3. The molecule has 8 heteroatoms. The first kappa shape index (κ1) is 20.4. The van der Waals surface area contributed by atoms with Crippen molar-refractivity contribution in [2.75, 3.05) is 44.2 Å². The van der Waals surface area contributed by atoms with Gasteiger partial charge in [0.05, 0.1) is 31.1 Å². The molecule has 1 aliphatic rings. The van der Waals surface area contributed by atoms with E-state index in [0.717, 1.165) is 16.7 Å². The van der Waals surface area contributed by atoms with Crippen molar-refractivity contribution in [2.24, 2.45) is 0 Å². The molecule has 150 valence electrons. The van der Waals surface area contributed by atoms with E-state index >= 15 is 0 Å². The number of para-hydroxylation sites is 1. The van der Waals surface area contributed by atoms with Crippen LogP contribution in [0.15, 0.2) is 59.5 Å². The van der Waals surface area contributed by atoms with Crippen LogP contribution in [-0.4, -0.2) is 57.9 Å². The molecule has 0 saturated carbocycles. The van der Waals surface area contributed by atoms with Crippen molar-refractivity contribution in [3.05, 3.63) is 60.4 Å². The molecule has 0 atom stereocenters. The predicted molar refractivity (Wildman–Crippen MR) is 105 cm³/mol. The van der Waals surface area contributed by atoms with E-state index in [1.165, 1.54) is 22.5 Å². The number of likely N-dealkylation sites (N-methyl/N-ethyl adjacent to an activating group) is 1. The maximum absolute atomic E-state index is 13.4. The first-order valence-electron chi connectivity index (χ1n) is 9.36. The summed E-state index contributed by atoms with van der Waals surface area (Å²) in [5.41, 5.74) is 0.863. The second-order valence-electron chi connectivity index (χ2n) is 6.76. The first-order chi connectivity index (χ1) is 13.4. The summed E-state index contributed by atoms with van der Waals surface area (Å²) in [6, 6.07) is 14.6. The molecule has 0 bridgehead atoms. The standard InChI is InChI=1S/C20H24FN3O3S/c1-2-24(18-8-4-3-5-9-18)20(25)16-22-11-13-23(14-12-22)28(26,27)19-10-6-7-17(21)15-19/h3-10,15H,2,11-14,16H2,1H3/p+1. The fraction of sp³-hybridized carbons (Fsp3) is 0.350. The smallest absolute Gasteiger partial charge is 0.282 e. The summed E-state index contributed by atoms with van der Waals surface area (Å²) in [5, 5.41) is 0. The number of quaternary nitrogens is 1. The fourth-order valence-electron chi connectivity index (χ4n) is 3.42. The van der Waals surface area contributed by atoms with Crippen LogP contribution < -0.4 is 9.80 Å². The molecule has 0 radical (unpaired) electrons. The molecule has 2 aromatic rings. The summed E-state index contributed by atoms with van der Waals surface area (Å²) in [5.74, 6) is -0.554. The van der Waals surface area contributed by atoms with E-state index in [0.29, 0.717) is 39.3 Å². The van der Waals surface area contributed by atoms with Crippen molar-refractivity contribution in [1.82, 2.24) is 4.31 Å². The quantitative estimate of drug-likeness (QED) is 0.771. The average molecular weight is 407 g/mol. The van der Waals surface area contributed by atoms with Gasteiger partial charge in [-0.25, -0.2) is 12.8 Å². The third-order valence-corrected chi connectivity index (χ3v) is 6.84. The number of halogens is 1. The number of anilines is 1. The summed E-state index contributed by atoms with van der Waals surface area (Å²) >= 11 is 0. The number of nitrogens with zero attached hydrogens (tertiary/aromatic N) is 2. The van der Waals surface area contributed by atoms with Crippen LogP contribution in [0.1, 0.15) is 6.92 Å². The Hall–Kier alpha value is -2.29. The Kier molecular flexibility index (Phi) is 6.43. The molecule has 0 aliphatic carbocycles. The summed E-state index contributed by atoms with van der Waals surface area (Å²) in [6.45, 7) is 4.51. The van der Waals surface area contributed by atoms with Gasteiger partial charge in [0.25, 0.3) is 5.91 Å². The molecule has 0 aromatic heterocycles. The number of rotatable bonds is 6. The van der Waals surface area contributed by atoms with Gasteiger partial charge in [-0.3, -0.25) is 4.79 Å². The van der Waals surface area contributed by atoms with Crippen LogP contribution in [0, 0.1) is 5.82 Å². The second kappa shape index (κ2) is 8.81. The minimum Gasteiger partial charge on any atom is -0.325 e. The Balaban J connectivity index is 1.60. The Labute approximate surface area is 165 Å². The number of sulfonamides is 1. The second-order valence-corrected chi connectivity index (χ2v) is 8.70. The topological polar surface area (TPSA) is 62.1 Å². The van der Waals surface area contributed by atoms with E-state index in [4.69, 9.17) is 0 Å². The lowest BCUT2D eigenvalue weighted by Gasteiger charge is -2.32. The molecule has 1 amide bonds. The highest BCUT2D eigenvalue weighted by Crippen LogP contribution is 2.16. The Morgan fingerprint density at radius 1 is 1.11 bits per heavy atom. The summed E-state index contributed by atoms with van der Waals surface area (Å²) in [6.07, 6.45) is 0. The van der Waals surface area contributed by atoms with Gasteiger partial charge in [-0.1, -0.05) is 24.3 Å². The summed E-state index contributed by atoms with van der Waals surface area (Å²) in [4.78, 5) is 15.5. The molecule has 0 unspecified atom stereocenters. The summed E-state index contributed by atoms with van der Waals surface area (Å²) in [7, 11) is -3.72. The number of hydrogen-bond donors (Lipinski definition) is 1. The van der Waals surface area contributed by atoms with Gasteiger partial charge in [-0.15, -0.1) is 0 Å². The number of carbonyl (C=O) groups is 1. The lowest BCUT2D eigenvalue weighted by atomic mass is 10.2. The zero-order valence-corrected chi connectivity index (χ0v) is 16.7. The molecule has 0 spiro atoms. The number of carbonyl (C=O) groups excluding carboxylic acids is 1. The number of amides is 1. The predicted octanol–water partition coefficient (Wildman–Crippen LogP) is 0.768. The minimum absolute atomic E-state index is 0.0186. The van der Waals surface area contributed by atoms with Gasteiger partial charge in [0.1, 0.15) is 5.82 Å². The zero-order chi connectivity index (χ0) is 20.1. The number of piperazine rings is 1. The van der Waals surface area contributed by atoms with Crippen LogP contribution >= 0.6 is 0 Å². The highest BCUT2D eigenvalue weighted by atomic mass is 32.2. The molecule has 1 aliphatic heterocycles. The molecular weight excluding hydrogens is 381 g/mol.